The molecule has 3 heterocycles. The molecule has 0 unspecified atom stereocenters. The Kier molecular flexibility index (Phi) is 4.12. The zero-order valence-electron chi connectivity index (χ0n) is 13.8. The summed E-state index contributed by atoms with van der Waals surface area (Å²) >= 11 is 0. The Hall–Kier alpha value is -2.33. The number of hydrogen-bond donors (Lipinski definition) is 0. The number of hydrogen-bond acceptors (Lipinski definition) is 7. The van der Waals surface area contributed by atoms with Gasteiger partial charge in [-0.1, -0.05) is 6.92 Å². The molecule has 0 saturated heterocycles. The Balaban J connectivity index is 2.30. The number of pyridine rings is 2. The van der Waals surface area contributed by atoms with Crippen molar-refractivity contribution in [3.05, 3.63) is 30.6 Å². The van der Waals surface area contributed by atoms with Crippen molar-refractivity contribution < 1.29 is 16.8 Å². The van der Waals surface area contributed by atoms with Crippen LogP contribution in [0.3, 0.4) is 0 Å². The van der Waals surface area contributed by atoms with Crippen LogP contribution in [-0.2, 0) is 26.7 Å². The van der Waals surface area contributed by atoms with E-state index < -0.39 is 19.7 Å². The number of rotatable bonds is 4. The molecule has 25 heavy (non-hydrogen) atoms. The van der Waals surface area contributed by atoms with E-state index in [9.17, 15) is 16.8 Å². The molecule has 0 amide bonds. The van der Waals surface area contributed by atoms with Crippen LogP contribution in [-0.4, -0.2) is 48.4 Å². The minimum absolute atomic E-state index is 0.0482. The zero-order valence-corrected chi connectivity index (χ0v) is 15.5. The first-order valence-electron chi connectivity index (χ1n) is 7.36. The van der Waals surface area contributed by atoms with Gasteiger partial charge in [-0.2, -0.15) is 0 Å². The van der Waals surface area contributed by atoms with Crippen molar-refractivity contribution >= 4 is 30.8 Å². The van der Waals surface area contributed by atoms with Gasteiger partial charge in [0.25, 0.3) is 0 Å². The quantitative estimate of drug-likeness (QED) is 0.669. The second-order valence-corrected chi connectivity index (χ2v) is 9.80. The highest BCUT2D eigenvalue weighted by Gasteiger charge is 2.23. The Morgan fingerprint density at radius 1 is 1.16 bits per heavy atom. The summed E-state index contributed by atoms with van der Waals surface area (Å²) in [5, 5.41) is 0. The van der Waals surface area contributed by atoms with Crippen LogP contribution in [0.25, 0.3) is 22.7 Å². The summed E-state index contributed by atoms with van der Waals surface area (Å²) in [6.45, 7) is 1.56. The maximum Gasteiger partial charge on any atom is 0.180 e. The van der Waals surface area contributed by atoms with Crippen molar-refractivity contribution in [2.24, 2.45) is 7.05 Å². The maximum absolute atomic E-state index is 12.3. The fourth-order valence-corrected chi connectivity index (χ4v) is 4.04. The number of aromatic nitrogens is 4. The van der Waals surface area contributed by atoms with Gasteiger partial charge < -0.3 is 4.57 Å². The highest BCUT2D eigenvalue weighted by atomic mass is 32.2. The van der Waals surface area contributed by atoms with Gasteiger partial charge in [0.1, 0.15) is 11.2 Å². The van der Waals surface area contributed by atoms with Crippen molar-refractivity contribution in [3.63, 3.8) is 0 Å². The first kappa shape index (κ1) is 17.5. The molecule has 0 bridgehead atoms. The third-order valence-electron chi connectivity index (χ3n) is 3.81. The molecular formula is C15H16N4O4S2. The molecule has 0 spiro atoms. The minimum Gasteiger partial charge on any atom is -0.310 e. The van der Waals surface area contributed by atoms with Gasteiger partial charge in [0.15, 0.2) is 31.1 Å². The van der Waals surface area contributed by atoms with E-state index in [0.717, 1.165) is 6.26 Å². The summed E-state index contributed by atoms with van der Waals surface area (Å²) in [5.74, 6) is 0.243. The SMILES string of the molecule is CCS(=O)(=O)c1cccnc1-c1nc2cc(S(C)(=O)=O)cnc2n1C. The van der Waals surface area contributed by atoms with E-state index in [-0.39, 0.29) is 21.2 Å². The highest BCUT2D eigenvalue weighted by molar-refractivity contribution is 7.91. The fraction of sp³-hybridized carbons (Fsp3) is 0.267. The van der Waals surface area contributed by atoms with E-state index in [1.54, 1.807) is 24.6 Å². The molecule has 10 heteroatoms. The molecule has 0 aromatic carbocycles. The smallest absolute Gasteiger partial charge is 0.180 e. The van der Waals surface area contributed by atoms with Crippen LogP contribution in [0.1, 0.15) is 6.92 Å². The third-order valence-corrected chi connectivity index (χ3v) is 6.65. The molecule has 0 aliphatic heterocycles. The van der Waals surface area contributed by atoms with E-state index in [2.05, 4.69) is 15.0 Å². The molecular weight excluding hydrogens is 364 g/mol. The fourth-order valence-electron chi connectivity index (χ4n) is 2.44. The van der Waals surface area contributed by atoms with Crippen molar-refractivity contribution in [1.29, 1.82) is 0 Å². The van der Waals surface area contributed by atoms with Crippen LogP contribution in [0.4, 0.5) is 0 Å². The molecule has 3 rings (SSSR count). The van der Waals surface area contributed by atoms with Crippen molar-refractivity contribution in [2.75, 3.05) is 12.0 Å². The predicted molar refractivity (Wildman–Crippen MR) is 92.6 cm³/mol. The Morgan fingerprint density at radius 2 is 1.88 bits per heavy atom. The van der Waals surface area contributed by atoms with E-state index in [1.165, 1.54) is 24.5 Å². The average molecular weight is 380 g/mol. The third kappa shape index (κ3) is 3.02. The largest absolute Gasteiger partial charge is 0.310 e. The maximum atomic E-state index is 12.3. The van der Waals surface area contributed by atoms with Gasteiger partial charge in [-0.3, -0.25) is 4.98 Å². The monoisotopic (exact) mass is 380 g/mol. The summed E-state index contributed by atoms with van der Waals surface area (Å²) in [6, 6.07) is 4.45. The summed E-state index contributed by atoms with van der Waals surface area (Å²) < 4.78 is 49.7. The van der Waals surface area contributed by atoms with Crippen LogP contribution in [0, 0.1) is 0 Å². The van der Waals surface area contributed by atoms with Gasteiger partial charge in [0, 0.05) is 25.7 Å². The molecule has 0 N–H and O–H groups in total. The van der Waals surface area contributed by atoms with Crippen LogP contribution in [0.15, 0.2) is 40.4 Å². The van der Waals surface area contributed by atoms with Gasteiger partial charge in [-0.25, -0.2) is 26.8 Å². The predicted octanol–water partition coefficient (Wildman–Crippen LogP) is 1.23. The van der Waals surface area contributed by atoms with E-state index >= 15 is 0 Å². The second kappa shape index (κ2) is 5.88. The van der Waals surface area contributed by atoms with Crippen molar-refractivity contribution in [3.8, 4) is 11.5 Å². The van der Waals surface area contributed by atoms with Gasteiger partial charge in [0.2, 0.25) is 0 Å². The second-order valence-electron chi connectivity index (χ2n) is 5.53. The van der Waals surface area contributed by atoms with Gasteiger partial charge >= 0.3 is 0 Å². The van der Waals surface area contributed by atoms with Gasteiger partial charge in [-0.15, -0.1) is 0 Å². The topological polar surface area (TPSA) is 112 Å². The number of nitrogens with zero attached hydrogens (tertiary/aromatic N) is 4. The Morgan fingerprint density at radius 3 is 2.52 bits per heavy atom. The number of fused-ring (bicyclic) bond motifs is 1. The molecule has 0 aliphatic carbocycles. The Bertz CT molecular complexity index is 1180. The number of imidazole rings is 1. The minimum atomic E-state index is -3.49. The highest BCUT2D eigenvalue weighted by Crippen LogP contribution is 2.28. The molecule has 3 aromatic rings. The lowest BCUT2D eigenvalue weighted by molar-refractivity contribution is 0.596. The van der Waals surface area contributed by atoms with Gasteiger partial charge in [0.05, 0.1) is 15.5 Å². The lowest BCUT2D eigenvalue weighted by atomic mass is 10.3. The lowest BCUT2D eigenvalue weighted by Crippen LogP contribution is -2.08. The van der Waals surface area contributed by atoms with Crippen LogP contribution < -0.4 is 0 Å². The summed E-state index contributed by atoms with van der Waals surface area (Å²) in [6.07, 6.45) is 3.83. The lowest BCUT2D eigenvalue weighted by Gasteiger charge is -2.07. The summed E-state index contributed by atoms with van der Waals surface area (Å²) in [4.78, 5) is 12.8. The van der Waals surface area contributed by atoms with E-state index in [1.807, 2.05) is 0 Å². The molecule has 0 atom stereocenters. The molecule has 0 saturated carbocycles. The first-order valence-corrected chi connectivity index (χ1v) is 10.9. The number of sulfone groups is 2. The molecule has 3 aromatic heterocycles. The molecule has 0 fully saturated rings. The van der Waals surface area contributed by atoms with Crippen molar-refractivity contribution in [2.45, 2.75) is 16.7 Å². The molecule has 132 valence electrons. The summed E-state index contributed by atoms with van der Waals surface area (Å²) in [7, 11) is -5.24. The van der Waals surface area contributed by atoms with E-state index in [0.29, 0.717) is 17.0 Å². The van der Waals surface area contributed by atoms with Gasteiger partial charge in [-0.05, 0) is 18.2 Å². The van der Waals surface area contributed by atoms with Crippen LogP contribution >= 0.6 is 0 Å². The van der Waals surface area contributed by atoms with Crippen LogP contribution in [0.2, 0.25) is 0 Å². The van der Waals surface area contributed by atoms with Crippen LogP contribution in [0.5, 0.6) is 0 Å². The average Bonchev–Trinajstić information content (AvgIpc) is 2.90. The van der Waals surface area contributed by atoms with E-state index in [4.69, 9.17) is 0 Å². The molecule has 0 radical (unpaired) electrons. The molecule has 8 nitrogen and oxygen atoms in total. The number of aryl methyl sites for hydroxylation is 1. The van der Waals surface area contributed by atoms with Crippen molar-refractivity contribution in [1.82, 2.24) is 19.5 Å². The normalized spacial score (nSPS) is 12.6. The first-order chi connectivity index (χ1) is 11.6. The zero-order chi connectivity index (χ0) is 18.4. The molecule has 0 aliphatic rings. The Labute approximate surface area is 145 Å². The standard InChI is InChI=1S/C15H16N4O4S2/c1-4-25(22,23)12-6-5-7-16-13(12)15-18-11-8-10(24(3,20)21)9-17-14(11)19(15)2/h5-9H,4H2,1-3H3. The summed E-state index contributed by atoms with van der Waals surface area (Å²) in [5.41, 5.74) is 1.00.